The number of aliphatic hydroxyl groups is 1. The first kappa shape index (κ1) is 16.2. The molecule has 0 saturated carbocycles. The Morgan fingerprint density at radius 1 is 1.21 bits per heavy atom. The van der Waals surface area contributed by atoms with Gasteiger partial charge < -0.3 is 10.1 Å². The second-order valence-electron chi connectivity index (χ2n) is 5.85. The summed E-state index contributed by atoms with van der Waals surface area (Å²) in [5.74, 6) is -0.00309. The van der Waals surface area contributed by atoms with E-state index in [1.165, 1.54) is 17.7 Å². The van der Waals surface area contributed by atoms with E-state index in [1.807, 2.05) is 12.3 Å². The first-order chi connectivity index (χ1) is 11.7. The highest BCUT2D eigenvalue weighted by molar-refractivity contribution is 5.87. The molecule has 0 saturated heterocycles. The van der Waals surface area contributed by atoms with Crippen molar-refractivity contribution in [3.05, 3.63) is 75.5 Å². The summed E-state index contributed by atoms with van der Waals surface area (Å²) < 4.78 is 0. The van der Waals surface area contributed by atoms with Gasteiger partial charge in [-0.2, -0.15) is 0 Å². The molecule has 3 rings (SSSR count). The van der Waals surface area contributed by atoms with Crippen molar-refractivity contribution in [1.82, 2.24) is 4.98 Å². The highest BCUT2D eigenvalue weighted by Crippen LogP contribution is 2.34. The van der Waals surface area contributed by atoms with Gasteiger partial charge in [-0.05, 0) is 29.5 Å². The quantitative estimate of drug-likeness (QED) is 0.528. The largest absolute Gasteiger partial charge is 0.396 e. The lowest BCUT2D eigenvalue weighted by Crippen LogP contribution is -2.03. The lowest BCUT2D eigenvalue weighted by molar-refractivity contribution is -0.384. The number of rotatable bonds is 6. The number of hydrogen-bond donors (Lipinski definition) is 2. The van der Waals surface area contributed by atoms with Crippen LogP contribution in [0.1, 0.15) is 36.0 Å². The number of aryl methyl sites for hydroxylation is 1. The van der Waals surface area contributed by atoms with Crippen LogP contribution in [-0.4, -0.2) is 21.6 Å². The fourth-order valence-electron chi connectivity index (χ4n) is 3.28. The van der Waals surface area contributed by atoms with Crippen molar-refractivity contribution >= 4 is 16.6 Å². The lowest BCUT2D eigenvalue weighted by Gasteiger charge is -2.16. The van der Waals surface area contributed by atoms with Crippen LogP contribution in [0.2, 0.25) is 0 Å². The molecule has 1 atom stereocenters. The summed E-state index contributed by atoms with van der Waals surface area (Å²) in [6, 6.07) is 12.8. The molecule has 0 bridgehead atoms. The number of benzene rings is 2. The maximum absolute atomic E-state index is 10.8. The molecule has 124 valence electrons. The number of nitrogens with one attached hydrogen (secondary N) is 1. The van der Waals surface area contributed by atoms with Gasteiger partial charge in [0, 0.05) is 41.8 Å². The highest BCUT2D eigenvalue weighted by Gasteiger charge is 2.19. The zero-order valence-electron chi connectivity index (χ0n) is 13.5. The fraction of sp³-hybridized carbons (Fsp3) is 0.263. The van der Waals surface area contributed by atoms with Gasteiger partial charge in [0.2, 0.25) is 0 Å². The number of fused-ring (bicyclic) bond motifs is 1. The minimum absolute atomic E-state index is 0.00309. The van der Waals surface area contributed by atoms with Crippen LogP contribution in [-0.2, 0) is 6.42 Å². The van der Waals surface area contributed by atoms with Crippen LogP contribution in [0.5, 0.6) is 0 Å². The molecule has 2 aromatic carbocycles. The molecule has 3 aromatic rings. The number of hydrogen-bond acceptors (Lipinski definition) is 3. The van der Waals surface area contributed by atoms with Gasteiger partial charge in [0.15, 0.2) is 0 Å². The summed E-state index contributed by atoms with van der Waals surface area (Å²) in [4.78, 5) is 13.8. The molecule has 0 radical (unpaired) electrons. The normalized spacial score (nSPS) is 12.4. The van der Waals surface area contributed by atoms with Crippen molar-refractivity contribution in [3.8, 4) is 0 Å². The molecule has 5 nitrogen and oxygen atoms in total. The number of nitro groups is 1. The number of aliphatic hydroxyl groups excluding tert-OH is 1. The summed E-state index contributed by atoms with van der Waals surface area (Å²) in [5, 5.41) is 21.5. The number of nitrogens with zero attached hydrogens (tertiary/aromatic N) is 1. The Morgan fingerprint density at radius 3 is 2.58 bits per heavy atom. The van der Waals surface area contributed by atoms with Crippen LogP contribution in [0.3, 0.4) is 0 Å². The van der Waals surface area contributed by atoms with Gasteiger partial charge in [-0.15, -0.1) is 0 Å². The van der Waals surface area contributed by atoms with Crippen molar-refractivity contribution in [2.24, 2.45) is 0 Å². The van der Waals surface area contributed by atoms with Crippen molar-refractivity contribution in [3.63, 3.8) is 0 Å². The van der Waals surface area contributed by atoms with Crippen LogP contribution in [0.4, 0.5) is 5.69 Å². The highest BCUT2D eigenvalue weighted by atomic mass is 16.6. The Hall–Kier alpha value is -2.66. The standard InChI is InChI=1S/C19H20N2O3/c1-2-13-4-3-5-17-18(12-20-19(13)17)16(10-11-22)14-6-8-15(9-7-14)21(23)24/h3-9,12,16,20,22H,2,10-11H2,1H3. The zero-order valence-corrected chi connectivity index (χ0v) is 13.5. The van der Waals surface area contributed by atoms with E-state index in [2.05, 4.69) is 24.0 Å². The molecule has 0 aliphatic rings. The van der Waals surface area contributed by atoms with Crippen LogP contribution < -0.4 is 0 Å². The Balaban J connectivity index is 2.07. The van der Waals surface area contributed by atoms with E-state index in [1.54, 1.807) is 12.1 Å². The van der Waals surface area contributed by atoms with Gasteiger partial charge in [-0.1, -0.05) is 37.3 Å². The molecule has 2 N–H and O–H groups in total. The Morgan fingerprint density at radius 2 is 1.96 bits per heavy atom. The Bertz CT molecular complexity index is 853. The molecule has 1 heterocycles. The monoisotopic (exact) mass is 324 g/mol. The first-order valence-corrected chi connectivity index (χ1v) is 8.09. The SMILES string of the molecule is CCc1cccc2c(C(CCO)c3ccc([N+](=O)[O-])cc3)c[nH]c12. The van der Waals surface area contributed by atoms with E-state index >= 15 is 0 Å². The van der Waals surface area contributed by atoms with Gasteiger partial charge in [-0.25, -0.2) is 0 Å². The molecule has 1 unspecified atom stereocenters. The van der Waals surface area contributed by atoms with Gasteiger partial charge in [0.05, 0.1) is 4.92 Å². The maximum Gasteiger partial charge on any atom is 0.269 e. The van der Waals surface area contributed by atoms with E-state index in [0.717, 1.165) is 28.5 Å². The summed E-state index contributed by atoms with van der Waals surface area (Å²) in [6.07, 6.45) is 3.51. The van der Waals surface area contributed by atoms with E-state index in [4.69, 9.17) is 0 Å². The van der Waals surface area contributed by atoms with Gasteiger partial charge in [0.25, 0.3) is 5.69 Å². The van der Waals surface area contributed by atoms with Crippen molar-refractivity contribution < 1.29 is 10.0 Å². The lowest BCUT2D eigenvalue weighted by atomic mass is 9.88. The number of aromatic amines is 1. The van der Waals surface area contributed by atoms with Gasteiger partial charge in [0.1, 0.15) is 0 Å². The average Bonchev–Trinajstić information content (AvgIpc) is 3.03. The molecule has 5 heteroatoms. The molecular formula is C19H20N2O3. The summed E-state index contributed by atoms with van der Waals surface area (Å²) in [7, 11) is 0. The number of aromatic nitrogens is 1. The number of nitro benzene ring substituents is 1. The van der Waals surface area contributed by atoms with Crippen molar-refractivity contribution in [2.45, 2.75) is 25.7 Å². The first-order valence-electron chi connectivity index (χ1n) is 8.09. The summed E-state index contributed by atoms with van der Waals surface area (Å²) in [5.41, 5.74) is 4.54. The molecular weight excluding hydrogens is 304 g/mol. The average molecular weight is 324 g/mol. The minimum atomic E-state index is -0.399. The number of non-ortho nitro benzene ring substituents is 1. The second kappa shape index (κ2) is 6.84. The van der Waals surface area contributed by atoms with Crippen LogP contribution in [0.25, 0.3) is 10.9 Å². The zero-order chi connectivity index (χ0) is 17.1. The minimum Gasteiger partial charge on any atom is -0.396 e. The smallest absolute Gasteiger partial charge is 0.269 e. The molecule has 24 heavy (non-hydrogen) atoms. The van der Waals surface area contributed by atoms with E-state index in [9.17, 15) is 15.2 Å². The van der Waals surface area contributed by atoms with Gasteiger partial charge >= 0.3 is 0 Å². The van der Waals surface area contributed by atoms with Crippen LogP contribution in [0, 0.1) is 10.1 Å². The van der Waals surface area contributed by atoms with E-state index in [0.29, 0.717) is 6.42 Å². The van der Waals surface area contributed by atoms with Crippen LogP contribution >= 0.6 is 0 Å². The molecule has 0 aliphatic carbocycles. The molecule has 1 aromatic heterocycles. The second-order valence-corrected chi connectivity index (χ2v) is 5.85. The number of para-hydroxylation sites is 1. The summed E-state index contributed by atoms with van der Waals surface area (Å²) >= 11 is 0. The molecule has 0 aliphatic heterocycles. The predicted octanol–water partition coefficient (Wildman–Crippen LogP) is 4.15. The third kappa shape index (κ3) is 2.90. The molecule has 0 fully saturated rings. The van der Waals surface area contributed by atoms with E-state index in [-0.39, 0.29) is 18.2 Å². The number of H-pyrrole nitrogens is 1. The molecule has 0 amide bonds. The predicted molar refractivity (Wildman–Crippen MR) is 94.3 cm³/mol. The third-order valence-corrected chi connectivity index (χ3v) is 4.51. The maximum atomic E-state index is 10.8. The molecule has 0 spiro atoms. The summed E-state index contributed by atoms with van der Waals surface area (Å²) in [6.45, 7) is 2.18. The van der Waals surface area contributed by atoms with Gasteiger partial charge in [-0.3, -0.25) is 10.1 Å². The Labute approximate surface area is 140 Å². The van der Waals surface area contributed by atoms with Crippen LogP contribution in [0.15, 0.2) is 48.7 Å². The van der Waals surface area contributed by atoms with Crippen molar-refractivity contribution in [1.29, 1.82) is 0 Å². The topological polar surface area (TPSA) is 79.2 Å². The Kier molecular flexibility index (Phi) is 4.62. The third-order valence-electron chi connectivity index (χ3n) is 4.51. The van der Waals surface area contributed by atoms with E-state index < -0.39 is 4.92 Å². The van der Waals surface area contributed by atoms with Crippen molar-refractivity contribution in [2.75, 3.05) is 6.61 Å². The fourth-order valence-corrected chi connectivity index (χ4v) is 3.28.